The largest absolute Gasteiger partial charge is 0.416 e. The lowest BCUT2D eigenvalue weighted by Crippen LogP contribution is -2.07. The number of halogens is 4. The minimum absolute atomic E-state index is 0.121. The topological polar surface area (TPSA) is 55.9 Å². The van der Waals surface area contributed by atoms with Gasteiger partial charge in [0.1, 0.15) is 0 Å². The van der Waals surface area contributed by atoms with Crippen LogP contribution in [0.3, 0.4) is 0 Å². The van der Waals surface area contributed by atoms with Crippen LogP contribution in [0.4, 0.5) is 30.4 Å². The van der Waals surface area contributed by atoms with Crippen LogP contribution in [0.2, 0.25) is 5.02 Å². The summed E-state index contributed by atoms with van der Waals surface area (Å²) in [6.07, 6.45) is -4.44. The van der Waals surface area contributed by atoms with Crippen molar-refractivity contribution in [3.63, 3.8) is 0 Å². The Kier molecular flexibility index (Phi) is 3.56. The van der Waals surface area contributed by atoms with E-state index in [1.165, 1.54) is 10.7 Å². The third-order valence-electron chi connectivity index (χ3n) is 2.82. The minimum atomic E-state index is -4.44. The second-order valence-electron chi connectivity index (χ2n) is 4.29. The quantitative estimate of drug-likeness (QED) is 0.889. The number of aromatic nitrogens is 2. The Morgan fingerprint density at radius 1 is 1.35 bits per heavy atom. The summed E-state index contributed by atoms with van der Waals surface area (Å²) in [6.45, 7) is 1.70. The Bertz CT molecular complexity index is 649. The average molecular weight is 305 g/mol. The molecule has 2 rings (SSSR count). The predicted molar refractivity (Wildman–Crippen MR) is 72.1 cm³/mol. The Morgan fingerprint density at radius 3 is 2.50 bits per heavy atom. The first kappa shape index (κ1) is 14.5. The lowest BCUT2D eigenvalue weighted by atomic mass is 10.2. The van der Waals surface area contributed by atoms with Crippen molar-refractivity contribution in [2.24, 2.45) is 7.05 Å². The maximum absolute atomic E-state index is 12.7. The molecule has 3 N–H and O–H groups in total. The van der Waals surface area contributed by atoms with Crippen molar-refractivity contribution in [1.29, 1.82) is 0 Å². The van der Waals surface area contributed by atoms with Gasteiger partial charge in [0.2, 0.25) is 0 Å². The third-order valence-corrected chi connectivity index (χ3v) is 3.14. The second-order valence-corrected chi connectivity index (χ2v) is 4.70. The van der Waals surface area contributed by atoms with E-state index in [-0.39, 0.29) is 10.7 Å². The van der Waals surface area contributed by atoms with Crippen LogP contribution in [0.5, 0.6) is 0 Å². The first-order valence-electron chi connectivity index (χ1n) is 5.63. The number of nitrogens with zero attached hydrogens (tertiary/aromatic N) is 2. The van der Waals surface area contributed by atoms with Crippen molar-refractivity contribution >= 4 is 28.8 Å². The van der Waals surface area contributed by atoms with Gasteiger partial charge in [-0.1, -0.05) is 11.6 Å². The summed E-state index contributed by atoms with van der Waals surface area (Å²) in [4.78, 5) is 0. The highest BCUT2D eigenvalue weighted by Gasteiger charge is 2.31. The number of benzene rings is 1. The van der Waals surface area contributed by atoms with Gasteiger partial charge in [0.05, 0.1) is 27.7 Å². The Morgan fingerprint density at radius 2 is 2.00 bits per heavy atom. The van der Waals surface area contributed by atoms with E-state index in [9.17, 15) is 13.2 Å². The molecule has 8 heteroatoms. The highest BCUT2D eigenvalue weighted by molar-refractivity contribution is 6.33. The summed E-state index contributed by atoms with van der Waals surface area (Å²) in [5, 5.41) is 7.02. The van der Waals surface area contributed by atoms with Gasteiger partial charge < -0.3 is 11.1 Å². The van der Waals surface area contributed by atoms with Gasteiger partial charge in [0.15, 0.2) is 5.82 Å². The monoisotopic (exact) mass is 304 g/mol. The smallest absolute Gasteiger partial charge is 0.394 e. The van der Waals surface area contributed by atoms with E-state index in [4.69, 9.17) is 17.3 Å². The number of hydrogen-bond acceptors (Lipinski definition) is 3. The van der Waals surface area contributed by atoms with Gasteiger partial charge >= 0.3 is 6.18 Å². The fourth-order valence-electron chi connectivity index (χ4n) is 1.75. The van der Waals surface area contributed by atoms with Crippen LogP contribution in [0, 0.1) is 6.92 Å². The molecular weight excluding hydrogens is 293 g/mol. The fourth-order valence-corrected chi connectivity index (χ4v) is 1.91. The SMILES string of the molecule is Cc1nn(C)c(Nc2cc(C(F)(F)F)ccc2Cl)c1N. The van der Waals surface area contributed by atoms with Crippen LogP contribution in [0.15, 0.2) is 18.2 Å². The number of aryl methyl sites for hydroxylation is 2. The maximum Gasteiger partial charge on any atom is 0.416 e. The molecule has 0 bridgehead atoms. The lowest BCUT2D eigenvalue weighted by Gasteiger charge is -2.13. The zero-order valence-corrected chi connectivity index (χ0v) is 11.5. The van der Waals surface area contributed by atoms with Crippen LogP contribution in [-0.4, -0.2) is 9.78 Å². The van der Waals surface area contributed by atoms with Crippen LogP contribution in [0.1, 0.15) is 11.3 Å². The zero-order valence-electron chi connectivity index (χ0n) is 10.7. The molecule has 0 unspecified atom stereocenters. The molecule has 1 aromatic carbocycles. The second kappa shape index (κ2) is 4.90. The Hall–Kier alpha value is -1.89. The van der Waals surface area contributed by atoms with Crippen molar-refractivity contribution in [3.05, 3.63) is 34.5 Å². The van der Waals surface area contributed by atoms with Crippen molar-refractivity contribution in [1.82, 2.24) is 9.78 Å². The van der Waals surface area contributed by atoms with E-state index < -0.39 is 11.7 Å². The molecule has 0 fully saturated rings. The summed E-state index contributed by atoms with van der Waals surface area (Å²) in [5.41, 5.74) is 6.09. The first-order chi connectivity index (χ1) is 9.20. The van der Waals surface area contributed by atoms with Crippen molar-refractivity contribution in [2.75, 3.05) is 11.1 Å². The molecule has 108 valence electrons. The van der Waals surface area contributed by atoms with Crippen LogP contribution >= 0.6 is 11.6 Å². The van der Waals surface area contributed by atoms with Crippen LogP contribution in [0.25, 0.3) is 0 Å². The molecular formula is C12H12ClF3N4. The van der Waals surface area contributed by atoms with Crippen molar-refractivity contribution < 1.29 is 13.2 Å². The van der Waals surface area contributed by atoms with Crippen LogP contribution in [-0.2, 0) is 13.2 Å². The fraction of sp³-hybridized carbons (Fsp3) is 0.250. The van der Waals surface area contributed by atoms with Gasteiger partial charge in [-0.25, -0.2) is 0 Å². The van der Waals surface area contributed by atoms with Gasteiger partial charge in [0.25, 0.3) is 0 Å². The van der Waals surface area contributed by atoms with E-state index in [0.29, 0.717) is 17.2 Å². The van der Waals surface area contributed by atoms with Gasteiger partial charge in [-0.15, -0.1) is 0 Å². The van der Waals surface area contributed by atoms with Crippen molar-refractivity contribution in [2.45, 2.75) is 13.1 Å². The highest BCUT2D eigenvalue weighted by atomic mass is 35.5. The summed E-state index contributed by atoms with van der Waals surface area (Å²) in [7, 11) is 1.63. The van der Waals surface area contributed by atoms with Gasteiger partial charge in [0, 0.05) is 7.05 Å². The Labute approximate surface area is 118 Å². The number of nitrogens with two attached hydrogens (primary N) is 1. The summed E-state index contributed by atoms with van der Waals surface area (Å²) in [6, 6.07) is 3.04. The van der Waals surface area contributed by atoms with Gasteiger partial charge in [-0.05, 0) is 25.1 Å². The molecule has 0 aliphatic heterocycles. The standard InChI is InChI=1S/C12H12ClF3N4/c1-6-10(17)11(20(2)19-6)18-9-5-7(12(14,15)16)3-4-8(9)13/h3-5,18H,17H2,1-2H3. The molecule has 0 saturated heterocycles. The zero-order chi connectivity index (χ0) is 15.1. The summed E-state index contributed by atoms with van der Waals surface area (Å²) in [5.74, 6) is 0.392. The number of rotatable bonds is 2. The number of hydrogen-bond donors (Lipinski definition) is 2. The van der Waals surface area contributed by atoms with E-state index in [1.54, 1.807) is 14.0 Å². The molecule has 1 heterocycles. The van der Waals surface area contributed by atoms with E-state index in [0.717, 1.165) is 12.1 Å². The number of nitrogen functional groups attached to an aromatic ring is 1. The normalized spacial score (nSPS) is 11.7. The highest BCUT2D eigenvalue weighted by Crippen LogP contribution is 2.36. The molecule has 0 amide bonds. The number of anilines is 3. The van der Waals surface area contributed by atoms with E-state index >= 15 is 0 Å². The molecule has 0 radical (unpaired) electrons. The number of nitrogens with one attached hydrogen (secondary N) is 1. The van der Waals surface area contributed by atoms with Crippen LogP contribution < -0.4 is 11.1 Å². The molecule has 0 aliphatic rings. The van der Waals surface area contributed by atoms with Gasteiger partial charge in [-0.3, -0.25) is 4.68 Å². The predicted octanol–water partition coefficient (Wildman–Crippen LogP) is 3.73. The first-order valence-corrected chi connectivity index (χ1v) is 6.01. The summed E-state index contributed by atoms with van der Waals surface area (Å²) >= 11 is 5.91. The molecule has 20 heavy (non-hydrogen) atoms. The number of alkyl halides is 3. The molecule has 0 saturated carbocycles. The third kappa shape index (κ3) is 2.67. The van der Waals surface area contributed by atoms with E-state index in [1.807, 2.05) is 0 Å². The van der Waals surface area contributed by atoms with Crippen molar-refractivity contribution in [3.8, 4) is 0 Å². The molecule has 2 aromatic rings. The Balaban J connectivity index is 2.43. The molecule has 4 nitrogen and oxygen atoms in total. The minimum Gasteiger partial charge on any atom is -0.394 e. The van der Waals surface area contributed by atoms with E-state index in [2.05, 4.69) is 10.4 Å². The molecule has 0 aliphatic carbocycles. The molecule has 0 atom stereocenters. The average Bonchev–Trinajstić information content (AvgIpc) is 2.57. The maximum atomic E-state index is 12.7. The summed E-state index contributed by atoms with van der Waals surface area (Å²) < 4.78 is 39.5. The van der Waals surface area contributed by atoms with Gasteiger partial charge in [-0.2, -0.15) is 18.3 Å². The lowest BCUT2D eigenvalue weighted by molar-refractivity contribution is -0.137. The molecule has 1 aromatic heterocycles. The molecule has 0 spiro atoms.